The zero-order chi connectivity index (χ0) is 12.6. The maximum absolute atomic E-state index is 5.07. The summed E-state index contributed by atoms with van der Waals surface area (Å²) < 4.78 is 5.07. The van der Waals surface area contributed by atoms with Crippen LogP contribution in [0, 0.1) is 0 Å². The van der Waals surface area contributed by atoms with Crippen molar-refractivity contribution < 1.29 is 4.74 Å². The van der Waals surface area contributed by atoms with Crippen LogP contribution >= 0.6 is 0 Å². The molecule has 0 N–H and O–H groups in total. The number of aromatic nitrogens is 1. The highest BCUT2D eigenvalue weighted by atomic mass is 16.5. The molecule has 0 aromatic carbocycles. The minimum absolute atomic E-state index is 0.886. The third-order valence-electron chi connectivity index (χ3n) is 3.47. The van der Waals surface area contributed by atoms with Crippen LogP contribution in [0.15, 0.2) is 24.5 Å². The predicted molar refractivity (Wildman–Crippen MR) is 74.0 cm³/mol. The summed E-state index contributed by atoms with van der Waals surface area (Å²) >= 11 is 0. The van der Waals surface area contributed by atoms with E-state index in [4.69, 9.17) is 4.74 Å². The van der Waals surface area contributed by atoms with Gasteiger partial charge in [0.15, 0.2) is 0 Å². The Morgan fingerprint density at radius 2 is 1.83 bits per heavy atom. The van der Waals surface area contributed by atoms with E-state index in [1.54, 1.807) is 7.11 Å². The summed E-state index contributed by atoms with van der Waals surface area (Å²) in [5.41, 5.74) is 1.30. The van der Waals surface area contributed by atoms with Gasteiger partial charge in [-0.2, -0.15) is 0 Å². The van der Waals surface area contributed by atoms with Crippen LogP contribution in [0.2, 0.25) is 0 Å². The van der Waals surface area contributed by atoms with Crippen molar-refractivity contribution in [1.82, 2.24) is 9.88 Å². The third kappa shape index (κ3) is 3.96. The number of unbranched alkanes of at least 4 members (excludes halogenated alkanes) is 1. The second kappa shape index (κ2) is 7.34. The Bertz CT molecular complexity index is 323. The maximum atomic E-state index is 5.07. The molecule has 1 aliphatic heterocycles. The number of methoxy groups -OCH3 is 1. The van der Waals surface area contributed by atoms with Gasteiger partial charge >= 0.3 is 0 Å². The van der Waals surface area contributed by atoms with Crippen LogP contribution in [0.1, 0.15) is 12.8 Å². The van der Waals surface area contributed by atoms with E-state index in [1.807, 2.05) is 12.4 Å². The zero-order valence-corrected chi connectivity index (χ0v) is 11.2. The first kappa shape index (κ1) is 13.3. The van der Waals surface area contributed by atoms with Gasteiger partial charge in [-0.05, 0) is 31.5 Å². The smallest absolute Gasteiger partial charge is 0.0462 e. The molecule has 1 fully saturated rings. The number of nitrogens with zero attached hydrogens (tertiary/aromatic N) is 3. The number of hydrogen-bond acceptors (Lipinski definition) is 4. The van der Waals surface area contributed by atoms with E-state index in [0.717, 1.165) is 32.8 Å². The zero-order valence-electron chi connectivity index (χ0n) is 11.2. The van der Waals surface area contributed by atoms with Crippen LogP contribution in [0.4, 0.5) is 5.69 Å². The van der Waals surface area contributed by atoms with Crippen molar-refractivity contribution in [2.24, 2.45) is 0 Å². The van der Waals surface area contributed by atoms with Crippen LogP contribution < -0.4 is 4.90 Å². The lowest BCUT2D eigenvalue weighted by molar-refractivity contribution is 0.182. The SMILES string of the molecule is COCCCCN1CCN(c2ccncc2)CC1. The van der Waals surface area contributed by atoms with Crippen molar-refractivity contribution in [3.8, 4) is 0 Å². The minimum Gasteiger partial charge on any atom is -0.385 e. The van der Waals surface area contributed by atoms with Gasteiger partial charge in [0, 0.05) is 58.0 Å². The summed E-state index contributed by atoms with van der Waals surface area (Å²) in [4.78, 5) is 9.05. The van der Waals surface area contributed by atoms with E-state index in [2.05, 4.69) is 26.9 Å². The van der Waals surface area contributed by atoms with Crippen molar-refractivity contribution >= 4 is 5.69 Å². The molecule has 0 aliphatic carbocycles. The van der Waals surface area contributed by atoms with Crippen molar-refractivity contribution in [2.45, 2.75) is 12.8 Å². The molecule has 4 heteroatoms. The molecule has 1 aromatic rings. The molecule has 4 nitrogen and oxygen atoms in total. The Hall–Kier alpha value is -1.13. The number of anilines is 1. The molecule has 0 spiro atoms. The summed E-state index contributed by atoms with van der Waals surface area (Å²) in [5, 5.41) is 0. The molecule has 0 amide bonds. The monoisotopic (exact) mass is 249 g/mol. The topological polar surface area (TPSA) is 28.6 Å². The summed E-state index contributed by atoms with van der Waals surface area (Å²) in [6.45, 7) is 6.65. The van der Waals surface area contributed by atoms with Gasteiger partial charge in [-0.3, -0.25) is 9.88 Å². The number of hydrogen-bond donors (Lipinski definition) is 0. The molecular weight excluding hydrogens is 226 g/mol. The van der Waals surface area contributed by atoms with Crippen molar-refractivity contribution in [2.75, 3.05) is 51.3 Å². The Labute approximate surface area is 110 Å². The van der Waals surface area contributed by atoms with Crippen molar-refractivity contribution in [3.63, 3.8) is 0 Å². The van der Waals surface area contributed by atoms with Crippen molar-refractivity contribution in [3.05, 3.63) is 24.5 Å². The quantitative estimate of drug-likeness (QED) is 0.717. The van der Waals surface area contributed by atoms with Crippen LogP contribution in [0.25, 0.3) is 0 Å². The minimum atomic E-state index is 0.886. The van der Waals surface area contributed by atoms with E-state index in [9.17, 15) is 0 Å². The van der Waals surface area contributed by atoms with E-state index >= 15 is 0 Å². The lowest BCUT2D eigenvalue weighted by atomic mass is 10.2. The van der Waals surface area contributed by atoms with E-state index in [0.29, 0.717) is 0 Å². The van der Waals surface area contributed by atoms with E-state index < -0.39 is 0 Å². The number of pyridine rings is 1. The fourth-order valence-electron chi connectivity index (χ4n) is 2.37. The standard InChI is InChI=1S/C14H23N3O/c1-18-13-3-2-8-16-9-11-17(12-10-16)14-4-6-15-7-5-14/h4-7H,2-3,8-13H2,1H3. The van der Waals surface area contributed by atoms with Gasteiger partial charge in [0.25, 0.3) is 0 Å². The Morgan fingerprint density at radius 1 is 1.11 bits per heavy atom. The van der Waals surface area contributed by atoms with Gasteiger partial charge in [0.05, 0.1) is 0 Å². The number of ether oxygens (including phenoxy) is 1. The molecule has 0 atom stereocenters. The highest BCUT2D eigenvalue weighted by Crippen LogP contribution is 2.14. The Kier molecular flexibility index (Phi) is 5.42. The summed E-state index contributed by atoms with van der Waals surface area (Å²) in [7, 11) is 1.77. The molecule has 1 aliphatic rings. The van der Waals surface area contributed by atoms with Crippen LogP contribution in [-0.2, 0) is 4.74 Å². The molecular formula is C14H23N3O. The fourth-order valence-corrected chi connectivity index (χ4v) is 2.37. The first-order valence-electron chi connectivity index (χ1n) is 6.76. The van der Waals surface area contributed by atoms with Gasteiger partial charge in [0.1, 0.15) is 0 Å². The lowest BCUT2D eigenvalue weighted by Gasteiger charge is -2.36. The van der Waals surface area contributed by atoms with Gasteiger partial charge in [-0.15, -0.1) is 0 Å². The highest BCUT2D eigenvalue weighted by Gasteiger charge is 2.16. The second-order valence-corrected chi connectivity index (χ2v) is 4.73. The van der Waals surface area contributed by atoms with Crippen molar-refractivity contribution in [1.29, 1.82) is 0 Å². The van der Waals surface area contributed by atoms with Gasteiger partial charge < -0.3 is 9.64 Å². The summed E-state index contributed by atoms with van der Waals surface area (Å²) in [5.74, 6) is 0. The first-order valence-corrected chi connectivity index (χ1v) is 6.76. The molecule has 1 aromatic heterocycles. The summed E-state index contributed by atoms with van der Waals surface area (Å²) in [6.07, 6.45) is 6.14. The molecule has 0 bridgehead atoms. The van der Waals surface area contributed by atoms with Crippen LogP contribution in [0.3, 0.4) is 0 Å². The van der Waals surface area contributed by atoms with E-state index in [-0.39, 0.29) is 0 Å². The van der Waals surface area contributed by atoms with Gasteiger partial charge in [-0.25, -0.2) is 0 Å². The Morgan fingerprint density at radius 3 is 2.50 bits per heavy atom. The molecule has 1 saturated heterocycles. The predicted octanol–water partition coefficient (Wildman–Crippen LogP) is 1.63. The fraction of sp³-hybridized carbons (Fsp3) is 0.643. The first-order chi connectivity index (χ1) is 8.90. The van der Waals surface area contributed by atoms with Crippen LogP contribution in [-0.4, -0.2) is 56.3 Å². The number of piperazine rings is 1. The molecule has 0 unspecified atom stereocenters. The molecule has 18 heavy (non-hydrogen) atoms. The molecule has 2 rings (SSSR count). The molecule has 0 saturated carbocycles. The largest absolute Gasteiger partial charge is 0.385 e. The Balaban J connectivity index is 1.68. The normalized spacial score (nSPS) is 17.1. The summed E-state index contributed by atoms with van der Waals surface area (Å²) in [6, 6.07) is 4.18. The molecule has 100 valence electrons. The number of rotatable bonds is 6. The average Bonchev–Trinajstić information content (AvgIpc) is 2.45. The molecule has 2 heterocycles. The van der Waals surface area contributed by atoms with Gasteiger partial charge in [-0.1, -0.05) is 0 Å². The lowest BCUT2D eigenvalue weighted by Crippen LogP contribution is -2.46. The van der Waals surface area contributed by atoms with Gasteiger partial charge in [0.2, 0.25) is 0 Å². The maximum Gasteiger partial charge on any atom is 0.0462 e. The highest BCUT2D eigenvalue weighted by molar-refractivity contribution is 5.44. The van der Waals surface area contributed by atoms with E-state index in [1.165, 1.54) is 25.1 Å². The molecule has 0 radical (unpaired) electrons. The van der Waals surface area contributed by atoms with Crippen LogP contribution in [0.5, 0.6) is 0 Å². The average molecular weight is 249 g/mol. The third-order valence-corrected chi connectivity index (χ3v) is 3.47. The second-order valence-electron chi connectivity index (χ2n) is 4.73.